The van der Waals surface area contributed by atoms with Crippen molar-refractivity contribution in [2.24, 2.45) is 11.8 Å². The monoisotopic (exact) mass is 742 g/mol. The smallest absolute Gasteiger partial charge is 0.445 e. The Morgan fingerprint density at radius 2 is 1.58 bits per heavy atom. The van der Waals surface area contributed by atoms with Crippen molar-refractivity contribution in [2.45, 2.75) is 103 Å². The molecule has 1 saturated carbocycles. The molecule has 1 aliphatic carbocycles. The predicted molar refractivity (Wildman–Crippen MR) is 206 cm³/mol. The van der Waals surface area contributed by atoms with E-state index in [1.165, 1.54) is 12.7 Å². The van der Waals surface area contributed by atoms with Crippen molar-refractivity contribution < 1.29 is 28.2 Å². The number of aromatic amines is 1. The second kappa shape index (κ2) is 20.6. The van der Waals surface area contributed by atoms with E-state index < -0.39 is 44.2 Å². The summed E-state index contributed by atoms with van der Waals surface area (Å²) >= 11 is 0. The molecule has 53 heavy (non-hydrogen) atoms. The van der Waals surface area contributed by atoms with Crippen LogP contribution in [-0.4, -0.2) is 52.3 Å². The van der Waals surface area contributed by atoms with Gasteiger partial charge in [-0.1, -0.05) is 119 Å². The lowest BCUT2D eigenvalue weighted by Crippen LogP contribution is -2.56. The Bertz CT molecular complexity index is 1760. The molecule has 4 atom stereocenters. The molecule has 0 radical (unpaired) electrons. The molecular formula is C41H53N5O6P+. The molecule has 0 saturated heterocycles. The van der Waals surface area contributed by atoms with Crippen LogP contribution in [0.1, 0.15) is 82.0 Å². The molecule has 4 N–H and O–H groups in total. The van der Waals surface area contributed by atoms with Crippen molar-refractivity contribution in [2.75, 3.05) is 6.16 Å². The van der Waals surface area contributed by atoms with Crippen LogP contribution >= 0.6 is 8.03 Å². The van der Waals surface area contributed by atoms with E-state index in [0.717, 1.165) is 60.4 Å². The largest absolute Gasteiger partial charge is 0.510 e. The summed E-state index contributed by atoms with van der Waals surface area (Å²) in [6.07, 6.45) is 9.97. The van der Waals surface area contributed by atoms with Gasteiger partial charge in [-0.15, -0.1) is 4.52 Å². The lowest BCUT2D eigenvalue weighted by Gasteiger charge is -2.27. The number of alkyl carbamates (subject to hydrolysis) is 1. The number of amides is 3. The van der Waals surface area contributed by atoms with E-state index in [0.29, 0.717) is 30.1 Å². The molecule has 11 nitrogen and oxygen atoms in total. The Kier molecular flexibility index (Phi) is 15.4. The average Bonchev–Trinajstić information content (AvgIpc) is 3.67. The van der Waals surface area contributed by atoms with Crippen LogP contribution in [-0.2, 0) is 42.9 Å². The fourth-order valence-corrected chi connectivity index (χ4v) is 7.81. The van der Waals surface area contributed by atoms with Gasteiger partial charge in [-0.2, -0.15) is 0 Å². The minimum absolute atomic E-state index is 0.0300. The number of carbonyl (C=O) groups excluding carboxylic acids is 3. The van der Waals surface area contributed by atoms with E-state index in [-0.39, 0.29) is 19.4 Å². The molecule has 0 bridgehead atoms. The lowest BCUT2D eigenvalue weighted by atomic mass is 9.86. The number of nitrogens with one attached hydrogen (secondary N) is 4. The SMILES string of the molecule is CC(C)CCC[P+](=O)OC(CC1CCCCC1)NC(=O)[C@H](Cc1cnc[nH]1)NC(=O)C(Cc1cccc2ccccc12)NC(=O)OCc1ccccc1. The quantitative estimate of drug-likeness (QED) is 0.0567. The van der Waals surface area contributed by atoms with Crippen LogP contribution in [0, 0.1) is 11.8 Å². The van der Waals surface area contributed by atoms with E-state index in [2.05, 4.69) is 39.8 Å². The van der Waals surface area contributed by atoms with Gasteiger partial charge in [0.2, 0.25) is 11.8 Å². The van der Waals surface area contributed by atoms with Gasteiger partial charge in [0.15, 0.2) is 12.4 Å². The Morgan fingerprint density at radius 3 is 2.34 bits per heavy atom. The third-order valence-corrected chi connectivity index (χ3v) is 10.9. The van der Waals surface area contributed by atoms with Crippen molar-refractivity contribution in [3.05, 3.63) is 102 Å². The van der Waals surface area contributed by atoms with Crippen molar-refractivity contribution in [1.82, 2.24) is 25.9 Å². The minimum Gasteiger partial charge on any atom is -0.445 e. The van der Waals surface area contributed by atoms with Crippen molar-refractivity contribution in [3.63, 3.8) is 0 Å². The van der Waals surface area contributed by atoms with Crippen LogP contribution in [0.25, 0.3) is 10.8 Å². The molecule has 1 aromatic heterocycles. The zero-order chi connectivity index (χ0) is 37.4. The Balaban J connectivity index is 1.34. The van der Waals surface area contributed by atoms with Gasteiger partial charge < -0.3 is 25.7 Å². The topological polar surface area (TPSA) is 152 Å². The highest BCUT2D eigenvalue weighted by Gasteiger charge is 2.33. The minimum atomic E-state index is -2.00. The molecule has 1 heterocycles. The van der Waals surface area contributed by atoms with Gasteiger partial charge in [0.1, 0.15) is 18.7 Å². The van der Waals surface area contributed by atoms with Gasteiger partial charge in [-0.3, -0.25) is 9.59 Å². The Morgan fingerprint density at radius 1 is 0.868 bits per heavy atom. The number of ether oxygens (including phenoxy) is 1. The molecule has 4 aromatic rings. The standard InChI is InChI=1S/C41H52N5O6P/c1-29(2)13-12-22-53(50)52-38(23-30-14-5-3-6-15-30)46-40(48)37(25-34-26-42-28-43-34)44-39(47)36(45-41(49)51-27-31-16-7-4-8-17-31)24-33-20-11-19-32-18-9-10-21-35(32)33/h4,7-11,16-21,26,28-30,36-38H,3,5-6,12-15,22-25,27H2,1-2H3,(H3-,42,43,44,45,46,47,48,49)/p+1/t36?,37-,38?/m0/s1. The highest BCUT2D eigenvalue weighted by Crippen LogP contribution is 2.32. The first-order chi connectivity index (χ1) is 25.7. The van der Waals surface area contributed by atoms with E-state index >= 15 is 0 Å². The van der Waals surface area contributed by atoms with Crippen molar-refractivity contribution in [1.29, 1.82) is 0 Å². The van der Waals surface area contributed by atoms with Gasteiger partial charge in [0.05, 0.1) is 6.33 Å². The van der Waals surface area contributed by atoms with E-state index in [4.69, 9.17) is 9.26 Å². The summed E-state index contributed by atoms with van der Waals surface area (Å²) < 4.78 is 24.7. The first-order valence-electron chi connectivity index (χ1n) is 18.9. The molecular weight excluding hydrogens is 689 g/mol. The molecule has 282 valence electrons. The second-order valence-corrected chi connectivity index (χ2v) is 15.7. The molecule has 12 heteroatoms. The first kappa shape index (κ1) is 39.6. The number of H-pyrrole nitrogens is 1. The highest BCUT2D eigenvalue weighted by molar-refractivity contribution is 7.39. The number of benzene rings is 3. The van der Waals surface area contributed by atoms with Crippen LogP contribution < -0.4 is 16.0 Å². The number of carbonyl (C=O) groups is 3. The van der Waals surface area contributed by atoms with Crippen molar-refractivity contribution in [3.8, 4) is 0 Å². The number of rotatable bonds is 19. The van der Waals surface area contributed by atoms with Gasteiger partial charge in [-0.05, 0) is 57.6 Å². The Labute approximate surface area is 313 Å². The highest BCUT2D eigenvalue weighted by atomic mass is 31.1. The molecule has 0 aliphatic heterocycles. The summed E-state index contributed by atoms with van der Waals surface area (Å²) in [6.45, 7) is 4.29. The number of aromatic nitrogens is 2. The average molecular weight is 743 g/mol. The zero-order valence-electron chi connectivity index (χ0n) is 30.8. The van der Waals surface area contributed by atoms with Gasteiger partial charge in [0, 0.05) is 24.7 Å². The maximum Gasteiger partial charge on any atom is 0.510 e. The maximum absolute atomic E-state index is 14.2. The van der Waals surface area contributed by atoms with E-state index in [9.17, 15) is 18.9 Å². The summed E-state index contributed by atoms with van der Waals surface area (Å²) in [5.74, 6) is -0.203. The first-order valence-corrected chi connectivity index (χ1v) is 20.2. The summed E-state index contributed by atoms with van der Waals surface area (Å²) in [7, 11) is -2.00. The second-order valence-electron chi connectivity index (χ2n) is 14.4. The molecule has 3 unspecified atom stereocenters. The summed E-state index contributed by atoms with van der Waals surface area (Å²) in [4.78, 5) is 48.6. The zero-order valence-corrected chi connectivity index (χ0v) is 31.7. The van der Waals surface area contributed by atoms with Crippen LogP contribution in [0.2, 0.25) is 0 Å². The van der Waals surface area contributed by atoms with E-state index in [1.54, 1.807) is 6.20 Å². The fourth-order valence-electron chi connectivity index (χ4n) is 6.84. The predicted octanol–water partition coefficient (Wildman–Crippen LogP) is 7.74. The molecule has 1 fully saturated rings. The summed E-state index contributed by atoms with van der Waals surface area (Å²) in [6, 6.07) is 20.8. The summed E-state index contributed by atoms with van der Waals surface area (Å²) in [5, 5.41) is 10.6. The normalized spacial score (nSPS) is 15.3. The van der Waals surface area contributed by atoms with Crippen LogP contribution in [0.3, 0.4) is 0 Å². The van der Waals surface area contributed by atoms with Crippen LogP contribution in [0.15, 0.2) is 85.3 Å². The number of imidazole rings is 1. The van der Waals surface area contributed by atoms with Gasteiger partial charge in [0.25, 0.3) is 0 Å². The molecule has 5 rings (SSSR count). The third kappa shape index (κ3) is 13.1. The van der Waals surface area contributed by atoms with Gasteiger partial charge in [-0.25, -0.2) is 9.78 Å². The Hall–Kier alpha value is -4.60. The number of nitrogens with zero attached hydrogens (tertiary/aromatic N) is 1. The molecule has 0 spiro atoms. The maximum atomic E-state index is 14.2. The van der Waals surface area contributed by atoms with E-state index in [1.807, 2.05) is 72.8 Å². The fraction of sp³-hybridized carbons (Fsp3) is 0.463. The third-order valence-electron chi connectivity index (χ3n) is 9.68. The molecule has 3 amide bonds. The summed E-state index contributed by atoms with van der Waals surface area (Å²) in [5.41, 5.74) is 2.29. The van der Waals surface area contributed by atoms with Crippen LogP contribution in [0.5, 0.6) is 0 Å². The molecule has 3 aromatic carbocycles. The number of hydrogen-bond donors (Lipinski definition) is 4. The lowest BCUT2D eigenvalue weighted by molar-refractivity contribution is -0.131. The molecule has 1 aliphatic rings. The number of fused-ring (bicyclic) bond motifs is 1. The van der Waals surface area contributed by atoms with Crippen LogP contribution in [0.4, 0.5) is 4.79 Å². The number of hydrogen-bond acceptors (Lipinski definition) is 7. The van der Waals surface area contributed by atoms with Gasteiger partial charge >= 0.3 is 14.1 Å². The van der Waals surface area contributed by atoms with Crippen molar-refractivity contribution >= 4 is 36.7 Å².